The van der Waals surface area contributed by atoms with Gasteiger partial charge in [-0.05, 0) is 37.3 Å². The van der Waals surface area contributed by atoms with Gasteiger partial charge in [0.15, 0.2) is 11.5 Å². The minimum Gasteiger partial charge on any atom is -0.493 e. The van der Waals surface area contributed by atoms with Crippen LogP contribution in [0.1, 0.15) is 51.4 Å². The lowest BCUT2D eigenvalue weighted by Crippen LogP contribution is -2.17. The zero-order chi connectivity index (χ0) is 17.2. The standard InChI is InChI=1S/C19H26O5/c1-22-16-10-5-6-11-17(16)24-19(21)13-7-12-18(20)23-14-15-8-3-2-4-9-15/h5-6,10-11,15H,2-4,7-9,12-14H2,1H3. The second kappa shape index (κ2) is 9.96. The molecule has 24 heavy (non-hydrogen) atoms. The largest absolute Gasteiger partial charge is 0.493 e. The summed E-state index contributed by atoms with van der Waals surface area (Å²) in [5, 5.41) is 0. The summed E-state index contributed by atoms with van der Waals surface area (Å²) < 4.78 is 15.7. The molecule has 0 atom stereocenters. The summed E-state index contributed by atoms with van der Waals surface area (Å²) in [6.45, 7) is 0.518. The third kappa shape index (κ3) is 6.22. The summed E-state index contributed by atoms with van der Waals surface area (Å²) in [4.78, 5) is 23.6. The van der Waals surface area contributed by atoms with Crippen molar-refractivity contribution in [2.24, 2.45) is 5.92 Å². The van der Waals surface area contributed by atoms with Crippen LogP contribution in [-0.4, -0.2) is 25.7 Å². The van der Waals surface area contributed by atoms with E-state index in [1.54, 1.807) is 24.3 Å². The molecule has 5 nitrogen and oxygen atoms in total. The molecule has 1 saturated carbocycles. The highest BCUT2D eigenvalue weighted by Gasteiger charge is 2.16. The molecule has 1 aliphatic rings. The number of methoxy groups -OCH3 is 1. The number of carbonyl (C=O) groups is 2. The molecule has 0 amide bonds. The molecule has 0 spiro atoms. The maximum atomic E-state index is 11.8. The van der Waals surface area contributed by atoms with Gasteiger partial charge < -0.3 is 14.2 Å². The molecular formula is C19H26O5. The fourth-order valence-electron chi connectivity index (χ4n) is 2.89. The number of hydrogen-bond acceptors (Lipinski definition) is 5. The predicted octanol–water partition coefficient (Wildman–Crippen LogP) is 3.89. The van der Waals surface area contributed by atoms with Gasteiger partial charge in [0.05, 0.1) is 13.7 Å². The van der Waals surface area contributed by atoms with Crippen LogP contribution < -0.4 is 9.47 Å². The van der Waals surface area contributed by atoms with Crippen molar-refractivity contribution in [1.29, 1.82) is 0 Å². The summed E-state index contributed by atoms with van der Waals surface area (Å²) in [5.74, 6) is 0.811. The van der Waals surface area contributed by atoms with E-state index in [9.17, 15) is 9.59 Å². The summed E-state index contributed by atoms with van der Waals surface area (Å²) in [7, 11) is 1.52. The number of benzene rings is 1. The average Bonchev–Trinajstić information content (AvgIpc) is 2.61. The van der Waals surface area contributed by atoms with E-state index in [0.29, 0.717) is 30.4 Å². The van der Waals surface area contributed by atoms with Crippen molar-refractivity contribution < 1.29 is 23.8 Å². The first-order valence-corrected chi connectivity index (χ1v) is 8.68. The lowest BCUT2D eigenvalue weighted by Gasteiger charge is -2.20. The maximum Gasteiger partial charge on any atom is 0.311 e. The van der Waals surface area contributed by atoms with Gasteiger partial charge in [0.2, 0.25) is 0 Å². The van der Waals surface area contributed by atoms with Crippen LogP contribution in [0.2, 0.25) is 0 Å². The van der Waals surface area contributed by atoms with Crippen LogP contribution in [-0.2, 0) is 14.3 Å². The molecule has 132 valence electrons. The van der Waals surface area contributed by atoms with Crippen molar-refractivity contribution in [1.82, 2.24) is 0 Å². The first kappa shape index (κ1) is 18.3. The molecule has 0 bridgehead atoms. The SMILES string of the molecule is COc1ccccc1OC(=O)CCCC(=O)OCC1CCCCC1. The van der Waals surface area contributed by atoms with Gasteiger partial charge >= 0.3 is 11.9 Å². The van der Waals surface area contributed by atoms with Crippen molar-refractivity contribution >= 4 is 11.9 Å². The molecule has 0 heterocycles. The van der Waals surface area contributed by atoms with Crippen molar-refractivity contribution in [2.45, 2.75) is 51.4 Å². The topological polar surface area (TPSA) is 61.8 Å². The Hall–Kier alpha value is -2.04. The van der Waals surface area contributed by atoms with E-state index < -0.39 is 0 Å². The third-order valence-electron chi connectivity index (χ3n) is 4.26. The number of carbonyl (C=O) groups excluding carboxylic acids is 2. The van der Waals surface area contributed by atoms with Crippen LogP contribution in [0, 0.1) is 5.92 Å². The van der Waals surface area contributed by atoms with Gasteiger partial charge in [0.1, 0.15) is 0 Å². The Kier molecular flexibility index (Phi) is 7.59. The average molecular weight is 334 g/mol. The number of hydrogen-bond donors (Lipinski definition) is 0. The van der Waals surface area contributed by atoms with E-state index in [1.165, 1.54) is 26.4 Å². The monoisotopic (exact) mass is 334 g/mol. The summed E-state index contributed by atoms with van der Waals surface area (Å²) in [5.41, 5.74) is 0. The molecule has 2 rings (SSSR count). The molecule has 0 unspecified atom stereocenters. The van der Waals surface area contributed by atoms with Crippen LogP contribution in [0.4, 0.5) is 0 Å². The van der Waals surface area contributed by atoms with E-state index in [1.807, 2.05) is 0 Å². The molecule has 5 heteroatoms. The Morgan fingerprint density at radius 2 is 1.67 bits per heavy atom. The normalized spacial score (nSPS) is 14.9. The zero-order valence-corrected chi connectivity index (χ0v) is 14.3. The minimum atomic E-state index is -0.375. The molecule has 1 aliphatic carbocycles. The molecule has 0 aromatic heterocycles. The predicted molar refractivity (Wildman–Crippen MR) is 90.0 cm³/mol. The van der Waals surface area contributed by atoms with Crippen molar-refractivity contribution in [2.75, 3.05) is 13.7 Å². The lowest BCUT2D eigenvalue weighted by molar-refractivity contribution is -0.145. The molecule has 1 fully saturated rings. The Morgan fingerprint density at radius 1 is 1.00 bits per heavy atom. The molecule has 1 aromatic carbocycles. The van der Waals surface area contributed by atoms with E-state index in [4.69, 9.17) is 14.2 Å². The van der Waals surface area contributed by atoms with Crippen LogP contribution in [0.15, 0.2) is 24.3 Å². The van der Waals surface area contributed by atoms with E-state index in [0.717, 1.165) is 12.8 Å². The summed E-state index contributed by atoms with van der Waals surface area (Å²) >= 11 is 0. The quantitative estimate of drug-likeness (QED) is 0.533. The van der Waals surface area contributed by atoms with Gasteiger partial charge in [0.25, 0.3) is 0 Å². The Bertz CT molecular complexity index is 534. The second-order valence-electron chi connectivity index (χ2n) is 6.17. The van der Waals surface area contributed by atoms with Gasteiger partial charge in [-0.3, -0.25) is 9.59 Å². The maximum absolute atomic E-state index is 11.8. The number of rotatable bonds is 8. The second-order valence-corrected chi connectivity index (χ2v) is 6.17. The van der Waals surface area contributed by atoms with E-state index >= 15 is 0 Å². The summed E-state index contributed by atoms with van der Waals surface area (Å²) in [6, 6.07) is 6.98. The zero-order valence-electron chi connectivity index (χ0n) is 14.3. The Labute approximate surface area is 143 Å². The van der Waals surface area contributed by atoms with Gasteiger partial charge in [-0.2, -0.15) is 0 Å². The van der Waals surface area contributed by atoms with Gasteiger partial charge in [0, 0.05) is 12.8 Å². The summed E-state index contributed by atoms with van der Waals surface area (Å²) in [6.07, 6.45) is 6.91. The van der Waals surface area contributed by atoms with Crippen LogP contribution >= 0.6 is 0 Å². The lowest BCUT2D eigenvalue weighted by atomic mass is 9.90. The highest BCUT2D eigenvalue weighted by molar-refractivity contribution is 5.74. The van der Waals surface area contributed by atoms with Gasteiger partial charge in [-0.1, -0.05) is 31.4 Å². The minimum absolute atomic E-state index is 0.177. The van der Waals surface area contributed by atoms with E-state index in [-0.39, 0.29) is 24.8 Å². The first-order valence-electron chi connectivity index (χ1n) is 8.68. The molecule has 1 aromatic rings. The molecule has 0 N–H and O–H groups in total. The Balaban J connectivity index is 1.62. The van der Waals surface area contributed by atoms with E-state index in [2.05, 4.69) is 0 Å². The van der Waals surface area contributed by atoms with Crippen molar-refractivity contribution in [3.05, 3.63) is 24.3 Å². The van der Waals surface area contributed by atoms with Crippen LogP contribution in [0.25, 0.3) is 0 Å². The Morgan fingerprint density at radius 3 is 2.38 bits per heavy atom. The van der Waals surface area contributed by atoms with Crippen molar-refractivity contribution in [3.63, 3.8) is 0 Å². The highest BCUT2D eigenvalue weighted by Crippen LogP contribution is 2.26. The fraction of sp³-hybridized carbons (Fsp3) is 0.579. The molecular weight excluding hydrogens is 308 g/mol. The number of ether oxygens (including phenoxy) is 3. The highest BCUT2D eigenvalue weighted by atomic mass is 16.6. The number of para-hydroxylation sites is 2. The first-order chi connectivity index (χ1) is 11.7. The van der Waals surface area contributed by atoms with Gasteiger partial charge in [-0.15, -0.1) is 0 Å². The molecule has 0 aliphatic heterocycles. The smallest absolute Gasteiger partial charge is 0.311 e. The van der Waals surface area contributed by atoms with Crippen molar-refractivity contribution in [3.8, 4) is 11.5 Å². The third-order valence-corrected chi connectivity index (χ3v) is 4.26. The molecule has 0 radical (unpaired) electrons. The number of esters is 2. The fourth-order valence-corrected chi connectivity index (χ4v) is 2.89. The van der Waals surface area contributed by atoms with Crippen LogP contribution in [0.3, 0.4) is 0 Å². The molecule has 0 saturated heterocycles. The van der Waals surface area contributed by atoms with Crippen LogP contribution in [0.5, 0.6) is 11.5 Å². The van der Waals surface area contributed by atoms with Gasteiger partial charge in [-0.25, -0.2) is 0 Å².